The average molecular weight is 431 g/mol. The number of benzene rings is 1. The molecule has 1 saturated heterocycles. The van der Waals surface area contributed by atoms with E-state index >= 15 is 0 Å². The summed E-state index contributed by atoms with van der Waals surface area (Å²) in [5.74, 6) is -0.909. The Morgan fingerprint density at radius 2 is 2.00 bits per heavy atom. The standard InChI is InChI=1S/C19H17N3O5S2/c23-14-7-2-1-6-13(14)17(25)21-20-16(24)8-3-9-22-18(26)15(29-19(22)28)11-12-5-4-10-27-12/h1-2,4-7,10-11,23H,3,8-9H2,(H,20,24)(H,21,25)/b15-11+. The summed E-state index contributed by atoms with van der Waals surface area (Å²) in [5, 5.41) is 9.63. The highest BCUT2D eigenvalue weighted by atomic mass is 32.2. The molecule has 10 heteroatoms. The number of aromatic hydroxyl groups is 1. The Bertz CT molecular complexity index is 972. The van der Waals surface area contributed by atoms with Crippen LogP contribution in [0.25, 0.3) is 6.08 Å². The van der Waals surface area contributed by atoms with E-state index in [1.54, 1.807) is 30.3 Å². The van der Waals surface area contributed by atoms with E-state index in [4.69, 9.17) is 16.6 Å². The summed E-state index contributed by atoms with van der Waals surface area (Å²) in [4.78, 5) is 38.2. The second-order valence-corrected chi connectivity index (χ2v) is 7.65. The van der Waals surface area contributed by atoms with E-state index in [0.29, 0.717) is 21.4 Å². The zero-order valence-corrected chi connectivity index (χ0v) is 16.7. The Kier molecular flexibility index (Phi) is 6.68. The predicted octanol–water partition coefficient (Wildman–Crippen LogP) is 2.43. The monoisotopic (exact) mass is 431 g/mol. The fourth-order valence-electron chi connectivity index (χ4n) is 2.52. The molecule has 2 aromatic rings. The van der Waals surface area contributed by atoms with E-state index in [2.05, 4.69) is 10.9 Å². The number of carbonyl (C=O) groups is 3. The normalized spacial score (nSPS) is 15.0. The van der Waals surface area contributed by atoms with Crippen molar-refractivity contribution in [3.63, 3.8) is 0 Å². The van der Waals surface area contributed by atoms with E-state index in [0.717, 1.165) is 0 Å². The number of hydrogen-bond donors (Lipinski definition) is 3. The first-order chi connectivity index (χ1) is 14.0. The molecule has 1 fully saturated rings. The van der Waals surface area contributed by atoms with Gasteiger partial charge in [0, 0.05) is 19.0 Å². The van der Waals surface area contributed by atoms with Crippen molar-refractivity contribution in [2.24, 2.45) is 0 Å². The third-order valence-electron chi connectivity index (χ3n) is 3.94. The van der Waals surface area contributed by atoms with Gasteiger partial charge in [0.15, 0.2) is 0 Å². The number of phenols is 1. The topological polar surface area (TPSA) is 112 Å². The minimum Gasteiger partial charge on any atom is -0.507 e. The van der Waals surface area contributed by atoms with Crippen LogP contribution < -0.4 is 10.9 Å². The molecule has 0 unspecified atom stereocenters. The van der Waals surface area contributed by atoms with Crippen LogP contribution in [0.15, 0.2) is 52.0 Å². The molecule has 1 aliphatic heterocycles. The molecule has 0 atom stereocenters. The molecule has 0 saturated carbocycles. The van der Waals surface area contributed by atoms with E-state index in [9.17, 15) is 19.5 Å². The zero-order valence-electron chi connectivity index (χ0n) is 15.1. The van der Waals surface area contributed by atoms with Gasteiger partial charge in [0.25, 0.3) is 11.8 Å². The van der Waals surface area contributed by atoms with Crippen molar-refractivity contribution < 1.29 is 23.9 Å². The number of thiocarbonyl (C=S) groups is 1. The van der Waals surface area contributed by atoms with Crippen LogP contribution in [0.3, 0.4) is 0 Å². The van der Waals surface area contributed by atoms with Gasteiger partial charge in [-0.15, -0.1) is 0 Å². The lowest BCUT2D eigenvalue weighted by atomic mass is 10.2. The van der Waals surface area contributed by atoms with E-state index < -0.39 is 11.8 Å². The van der Waals surface area contributed by atoms with Crippen molar-refractivity contribution in [2.45, 2.75) is 12.8 Å². The van der Waals surface area contributed by atoms with E-state index in [1.807, 2.05) is 0 Å². The molecule has 150 valence electrons. The fraction of sp³-hybridized carbons (Fsp3) is 0.158. The van der Waals surface area contributed by atoms with Gasteiger partial charge in [0.2, 0.25) is 5.91 Å². The Balaban J connectivity index is 1.44. The molecule has 1 aliphatic rings. The molecular weight excluding hydrogens is 414 g/mol. The molecule has 29 heavy (non-hydrogen) atoms. The summed E-state index contributed by atoms with van der Waals surface area (Å²) < 4.78 is 5.62. The summed E-state index contributed by atoms with van der Waals surface area (Å²) in [5.41, 5.74) is 4.57. The quantitative estimate of drug-likeness (QED) is 0.366. The molecule has 1 aromatic carbocycles. The third kappa shape index (κ3) is 5.24. The molecule has 3 amide bonds. The maximum absolute atomic E-state index is 12.4. The highest BCUT2D eigenvalue weighted by Gasteiger charge is 2.31. The number of carbonyl (C=O) groups excluding carboxylic acids is 3. The van der Waals surface area contributed by atoms with Crippen molar-refractivity contribution in [2.75, 3.05) is 6.54 Å². The van der Waals surface area contributed by atoms with Crippen molar-refractivity contribution >= 4 is 52.1 Å². The van der Waals surface area contributed by atoms with Gasteiger partial charge in [-0.05, 0) is 30.7 Å². The van der Waals surface area contributed by atoms with Gasteiger partial charge in [-0.3, -0.25) is 30.1 Å². The molecule has 0 spiro atoms. The first kappa shape index (κ1) is 20.6. The van der Waals surface area contributed by atoms with Gasteiger partial charge >= 0.3 is 0 Å². The molecule has 1 aromatic heterocycles. The van der Waals surface area contributed by atoms with E-state index in [-0.39, 0.29) is 30.2 Å². The lowest BCUT2D eigenvalue weighted by molar-refractivity contribution is -0.124. The van der Waals surface area contributed by atoms with Crippen molar-refractivity contribution in [1.29, 1.82) is 0 Å². The first-order valence-corrected chi connectivity index (χ1v) is 9.84. The number of thioether (sulfide) groups is 1. The Morgan fingerprint density at radius 1 is 1.21 bits per heavy atom. The van der Waals surface area contributed by atoms with Gasteiger partial charge in [0.1, 0.15) is 15.8 Å². The zero-order chi connectivity index (χ0) is 20.8. The second kappa shape index (κ2) is 9.39. The number of amides is 3. The number of rotatable bonds is 6. The van der Waals surface area contributed by atoms with Crippen LogP contribution in [-0.2, 0) is 9.59 Å². The molecule has 0 aliphatic carbocycles. The maximum atomic E-state index is 12.4. The van der Waals surface area contributed by atoms with E-state index in [1.165, 1.54) is 35.1 Å². The van der Waals surface area contributed by atoms with Gasteiger partial charge < -0.3 is 9.52 Å². The molecular formula is C19H17N3O5S2. The lowest BCUT2D eigenvalue weighted by Crippen LogP contribution is -2.42. The van der Waals surface area contributed by atoms with Crippen LogP contribution in [0.4, 0.5) is 0 Å². The number of nitrogens with zero attached hydrogens (tertiary/aromatic N) is 1. The predicted molar refractivity (Wildman–Crippen MR) is 112 cm³/mol. The van der Waals surface area contributed by atoms with Crippen molar-refractivity contribution in [3.05, 3.63) is 58.9 Å². The smallest absolute Gasteiger partial charge is 0.273 e. The average Bonchev–Trinajstić information content (AvgIpc) is 3.30. The van der Waals surface area contributed by atoms with Crippen LogP contribution in [0.1, 0.15) is 29.0 Å². The van der Waals surface area contributed by atoms with Crippen LogP contribution in [0, 0.1) is 0 Å². The molecule has 3 N–H and O–H groups in total. The van der Waals surface area contributed by atoms with Crippen LogP contribution in [-0.4, -0.2) is 38.6 Å². The van der Waals surface area contributed by atoms with Crippen molar-refractivity contribution in [1.82, 2.24) is 15.8 Å². The van der Waals surface area contributed by atoms with Gasteiger partial charge in [0.05, 0.1) is 16.7 Å². The summed E-state index contributed by atoms with van der Waals surface area (Å²) in [6.45, 7) is 0.279. The molecule has 3 rings (SSSR count). The summed E-state index contributed by atoms with van der Waals surface area (Å²) in [7, 11) is 0. The third-order valence-corrected chi connectivity index (χ3v) is 5.32. The number of furan rings is 1. The van der Waals surface area contributed by atoms with Crippen LogP contribution >= 0.6 is 24.0 Å². The Morgan fingerprint density at radius 3 is 2.72 bits per heavy atom. The molecule has 0 radical (unpaired) electrons. The number of hydrogen-bond acceptors (Lipinski definition) is 7. The maximum Gasteiger partial charge on any atom is 0.273 e. The minimum absolute atomic E-state index is 0.0497. The summed E-state index contributed by atoms with van der Waals surface area (Å²) in [6.07, 6.45) is 3.58. The SMILES string of the molecule is O=C(CCCN1C(=O)/C(=C\c2ccco2)SC1=S)NNC(=O)c1ccccc1O. The number of nitrogens with one attached hydrogen (secondary N) is 2. The second-order valence-electron chi connectivity index (χ2n) is 5.97. The first-order valence-electron chi connectivity index (χ1n) is 8.62. The van der Waals surface area contributed by atoms with Crippen molar-refractivity contribution in [3.8, 4) is 5.75 Å². The molecule has 0 bridgehead atoms. The van der Waals surface area contributed by atoms with Gasteiger partial charge in [-0.25, -0.2) is 0 Å². The van der Waals surface area contributed by atoms with Crippen LogP contribution in [0.2, 0.25) is 0 Å². The Hall–Kier alpha value is -3.11. The lowest BCUT2D eigenvalue weighted by Gasteiger charge is -2.14. The Labute approximate surface area is 175 Å². The summed E-state index contributed by atoms with van der Waals surface area (Å²) >= 11 is 6.42. The van der Waals surface area contributed by atoms with Gasteiger partial charge in [-0.1, -0.05) is 36.1 Å². The largest absolute Gasteiger partial charge is 0.507 e. The highest BCUT2D eigenvalue weighted by molar-refractivity contribution is 8.26. The molecule has 2 heterocycles. The van der Waals surface area contributed by atoms with Crippen LogP contribution in [0.5, 0.6) is 5.75 Å². The summed E-state index contributed by atoms with van der Waals surface area (Å²) in [6, 6.07) is 9.45. The fourth-order valence-corrected chi connectivity index (χ4v) is 3.80. The number of para-hydroxylation sites is 1. The van der Waals surface area contributed by atoms with Gasteiger partial charge in [-0.2, -0.15) is 0 Å². The highest BCUT2D eigenvalue weighted by Crippen LogP contribution is 2.32. The minimum atomic E-state index is -0.628. The molecule has 8 nitrogen and oxygen atoms in total. The number of hydrazine groups is 1. The number of phenolic OH excluding ortho intramolecular Hbond substituents is 1.